The molecule has 2 aliphatic rings. The van der Waals surface area contributed by atoms with E-state index in [1.807, 2.05) is 6.92 Å². The summed E-state index contributed by atoms with van der Waals surface area (Å²) in [6, 6.07) is 5.13. The fourth-order valence-corrected chi connectivity index (χ4v) is 4.45. The van der Waals surface area contributed by atoms with E-state index in [9.17, 15) is 14.4 Å². The lowest BCUT2D eigenvalue weighted by Crippen LogP contribution is -2.33. The summed E-state index contributed by atoms with van der Waals surface area (Å²) >= 11 is 0. The topological polar surface area (TPSA) is 102 Å². The standard InChI is InChI=1S/C22H23N5O3/c1-13-5-6-23-20(28)18(13)19-24-16-11-14-15(12-17(16)25-19)22(30)27(21(14)29)10-4-9-26-7-2-3-8-26/h5-6,11-12H,2-4,7-10H2,1H3,(H,23,28)(H,24,25). The molecule has 1 fully saturated rings. The minimum absolute atomic E-state index is 0.238. The molecule has 2 aliphatic heterocycles. The van der Waals surface area contributed by atoms with Gasteiger partial charge in [-0.3, -0.25) is 19.3 Å². The number of imide groups is 1. The first-order chi connectivity index (χ1) is 14.5. The van der Waals surface area contributed by atoms with Crippen LogP contribution in [0.25, 0.3) is 22.4 Å². The second kappa shape index (κ2) is 7.21. The third-order valence-corrected chi connectivity index (χ3v) is 6.03. The second-order valence-corrected chi connectivity index (χ2v) is 8.03. The third-order valence-electron chi connectivity index (χ3n) is 6.03. The molecule has 0 unspecified atom stereocenters. The monoisotopic (exact) mass is 405 g/mol. The van der Waals surface area contributed by atoms with Crippen LogP contribution in [-0.2, 0) is 0 Å². The molecule has 0 radical (unpaired) electrons. The van der Waals surface area contributed by atoms with E-state index in [4.69, 9.17) is 0 Å². The maximum absolute atomic E-state index is 12.9. The maximum Gasteiger partial charge on any atom is 0.261 e. The fourth-order valence-electron chi connectivity index (χ4n) is 4.45. The highest BCUT2D eigenvalue weighted by Gasteiger charge is 2.36. The highest BCUT2D eigenvalue weighted by atomic mass is 16.2. The summed E-state index contributed by atoms with van der Waals surface area (Å²) in [6.45, 7) is 5.37. The van der Waals surface area contributed by atoms with Crippen molar-refractivity contribution in [2.45, 2.75) is 26.2 Å². The minimum Gasteiger partial charge on any atom is -0.338 e. The summed E-state index contributed by atoms with van der Waals surface area (Å²) in [6.07, 6.45) is 4.82. The van der Waals surface area contributed by atoms with Crippen molar-refractivity contribution in [1.29, 1.82) is 0 Å². The molecule has 2 N–H and O–H groups in total. The minimum atomic E-state index is -0.267. The van der Waals surface area contributed by atoms with Crippen LogP contribution in [0.5, 0.6) is 0 Å². The second-order valence-electron chi connectivity index (χ2n) is 8.03. The van der Waals surface area contributed by atoms with E-state index in [0.717, 1.165) is 31.6 Å². The lowest BCUT2D eigenvalue weighted by molar-refractivity contribution is 0.0648. The van der Waals surface area contributed by atoms with Crippen LogP contribution >= 0.6 is 0 Å². The lowest BCUT2D eigenvalue weighted by Gasteiger charge is -2.17. The average molecular weight is 405 g/mol. The number of carbonyl (C=O) groups excluding carboxylic acids is 2. The Morgan fingerprint density at radius 2 is 1.77 bits per heavy atom. The van der Waals surface area contributed by atoms with E-state index in [1.165, 1.54) is 17.7 Å². The normalized spacial score (nSPS) is 16.8. The van der Waals surface area contributed by atoms with E-state index < -0.39 is 0 Å². The van der Waals surface area contributed by atoms with Crippen molar-refractivity contribution in [3.8, 4) is 11.4 Å². The van der Waals surface area contributed by atoms with Gasteiger partial charge >= 0.3 is 0 Å². The van der Waals surface area contributed by atoms with Gasteiger partial charge in [0.05, 0.1) is 27.7 Å². The number of likely N-dealkylation sites (tertiary alicyclic amines) is 1. The SMILES string of the molecule is Cc1cc[nH]c(=O)c1-c1nc2cc3c(cc2[nH]1)C(=O)N(CCCN1CCCC1)C3=O. The van der Waals surface area contributed by atoms with Crippen LogP contribution in [0.15, 0.2) is 29.2 Å². The number of aryl methyl sites for hydroxylation is 1. The molecule has 1 aromatic carbocycles. The van der Waals surface area contributed by atoms with Crippen molar-refractivity contribution in [2.24, 2.45) is 0 Å². The summed E-state index contributed by atoms with van der Waals surface area (Å²) in [7, 11) is 0. The Morgan fingerprint density at radius 1 is 1.03 bits per heavy atom. The van der Waals surface area contributed by atoms with Gasteiger partial charge in [0.25, 0.3) is 17.4 Å². The summed E-state index contributed by atoms with van der Waals surface area (Å²) in [5.74, 6) is -0.102. The van der Waals surface area contributed by atoms with Crippen molar-refractivity contribution in [2.75, 3.05) is 26.2 Å². The highest BCUT2D eigenvalue weighted by molar-refractivity contribution is 6.22. The van der Waals surface area contributed by atoms with Crippen molar-refractivity contribution < 1.29 is 9.59 Å². The number of benzene rings is 1. The van der Waals surface area contributed by atoms with Crippen molar-refractivity contribution in [3.63, 3.8) is 0 Å². The number of nitrogens with zero attached hydrogens (tertiary/aromatic N) is 3. The van der Waals surface area contributed by atoms with Gasteiger partial charge in [-0.2, -0.15) is 0 Å². The smallest absolute Gasteiger partial charge is 0.261 e. The molecule has 30 heavy (non-hydrogen) atoms. The zero-order valence-electron chi connectivity index (χ0n) is 16.8. The van der Waals surface area contributed by atoms with Gasteiger partial charge < -0.3 is 14.9 Å². The number of rotatable bonds is 5. The molecule has 8 heteroatoms. The summed E-state index contributed by atoms with van der Waals surface area (Å²) in [5, 5.41) is 0. The average Bonchev–Trinajstić information content (AvgIpc) is 3.42. The number of imidazole rings is 1. The van der Waals surface area contributed by atoms with E-state index in [2.05, 4.69) is 19.9 Å². The quantitative estimate of drug-likeness (QED) is 0.634. The first-order valence-electron chi connectivity index (χ1n) is 10.3. The molecule has 0 aliphatic carbocycles. The number of hydrogen-bond acceptors (Lipinski definition) is 5. The maximum atomic E-state index is 12.9. The molecule has 2 aromatic heterocycles. The van der Waals surface area contributed by atoms with Gasteiger partial charge in [0, 0.05) is 12.7 Å². The predicted molar refractivity (Wildman–Crippen MR) is 113 cm³/mol. The largest absolute Gasteiger partial charge is 0.338 e. The van der Waals surface area contributed by atoms with Crippen LogP contribution in [0.4, 0.5) is 0 Å². The van der Waals surface area contributed by atoms with Crippen LogP contribution in [-0.4, -0.2) is 62.7 Å². The number of aromatic amines is 2. The zero-order valence-corrected chi connectivity index (χ0v) is 16.8. The number of hydrogen-bond donors (Lipinski definition) is 2. The van der Waals surface area contributed by atoms with Gasteiger partial charge in [-0.15, -0.1) is 0 Å². The molecular formula is C22H23N5O3. The third kappa shape index (κ3) is 3.04. The molecule has 5 rings (SSSR count). The van der Waals surface area contributed by atoms with Crippen LogP contribution in [0.3, 0.4) is 0 Å². The fraction of sp³-hybridized carbons (Fsp3) is 0.364. The number of carbonyl (C=O) groups is 2. The van der Waals surface area contributed by atoms with Gasteiger partial charge in [0.1, 0.15) is 5.82 Å². The summed E-state index contributed by atoms with van der Waals surface area (Å²) in [5.41, 5.74) is 2.97. The Kier molecular flexibility index (Phi) is 4.51. The Bertz CT molecular complexity index is 1170. The van der Waals surface area contributed by atoms with Crippen LogP contribution in [0.1, 0.15) is 45.5 Å². The summed E-state index contributed by atoms with van der Waals surface area (Å²) < 4.78 is 0. The first-order valence-corrected chi connectivity index (χ1v) is 10.3. The van der Waals surface area contributed by atoms with Crippen LogP contribution < -0.4 is 5.56 Å². The molecule has 0 spiro atoms. The highest BCUT2D eigenvalue weighted by Crippen LogP contribution is 2.29. The van der Waals surface area contributed by atoms with Gasteiger partial charge in [0.2, 0.25) is 0 Å². The van der Waals surface area contributed by atoms with Crippen molar-refractivity contribution in [3.05, 3.63) is 51.4 Å². The number of H-pyrrole nitrogens is 2. The molecule has 0 saturated carbocycles. The molecule has 2 amide bonds. The van der Waals surface area contributed by atoms with Crippen molar-refractivity contribution in [1.82, 2.24) is 24.8 Å². The Labute approximate surface area is 172 Å². The van der Waals surface area contributed by atoms with E-state index >= 15 is 0 Å². The molecule has 0 bridgehead atoms. The first kappa shape index (κ1) is 18.7. The zero-order chi connectivity index (χ0) is 20.8. The molecule has 8 nitrogen and oxygen atoms in total. The molecule has 0 atom stereocenters. The van der Waals surface area contributed by atoms with Crippen molar-refractivity contribution >= 4 is 22.8 Å². The van der Waals surface area contributed by atoms with Gasteiger partial charge in [-0.1, -0.05) is 0 Å². The number of pyridine rings is 1. The van der Waals surface area contributed by atoms with Gasteiger partial charge in [-0.25, -0.2) is 4.98 Å². The van der Waals surface area contributed by atoms with Gasteiger partial charge in [-0.05, 0) is 69.6 Å². The predicted octanol–water partition coefficient (Wildman–Crippen LogP) is 2.31. The van der Waals surface area contributed by atoms with E-state index in [-0.39, 0.29) is 17.4 Å². The molecule has 3 aromatic rings. The van der Waals surface area contributed by atoms with Crippen LogP contribution in [0, 0.1) is 6.92 Å². The van der Waals surface area contributed by atoms with E-state index in [1.54, 1.807) is 24.4 Å². The Hall–Kier alpha value is -3.26. The Morgan fingerprint density at radius 3 is 2.50 bits per heavy atom. The number of aromatic nitrogens is 3. The van der Waals surface area contributed by atoms with Gasteiger partial charge in [0.15, 0.2) is 0 Å². The molecule has 4 heterocycles. The molecule has 154 valence electrons. The summed E-state index contributed by atoms with van der Waals surface area (Å²) in [4.78, 5) is 52.0. The molecule has 1 saturated heterocycles. The number of amides is 2. The Balaban J connectivity index is 1.42. The lowest BCUT2D eigenvalue weighted by atomic mass is 10.1. The molecular weight excluding hydrogens is 382 g/mol. The van der Waals surface area contributed by atoms with E-state index in [0.29, 0.717) is 40.1 Å². The van der Waals surface area contributed by atoms with Crippen LogP contribution in [0.2, 0.25) is 0 Å². The number of fused-ring (bicyclic) bond motifs is 2. The number of nitrogens with one attached hydrogen (secondary N) is 2.